The van der Waals surface area contributed by atoms with Gasteiger partial charge in [-0.25, -0.2) is 0 Å². The van der Waals surface area contributed by atoms with Crippen molar-refractivity contribution in [2.75, 3.05) is 0 Å². The molecule has 0 atom stereocenters. The van der Waals surface area contributed by atoms with Gasteiger partial charge in [-0.15, -0.1) is 11.6 Å². The Morgan fingerprint density at radius 2 is 0.926 bits per heavy atom. The normalized spacial score (nSPS) is 10.3. The molecule has 4 rings (SSSR count). The summed E-state index contributed by atoms with van der Waals surface area (Å²) < 4.78 is 0. The lowest BCUT2D eigenvalue weighted by atomic mass is 9.85. The summed E-state index contributed by atoms with van der Waals surface area (Å²) >= 11 is 6.34. The highest BCUT2D eigenvalue weighted by atomic mass is 35.5. The van der Waals surface area contributed by atoms with Crippen molar-refractivity contribution in [3.05, 3.63) is 109 Å². The maximum atomic E-state index is 6.34. The van der Waals surface area contributed by atoms with Crippen LogP contribution in [0.4, 0.5) is 0 Å². The highest BCUT2D eigenvalue weighted by Gasteiger charge is 2.17. The predicted octanol–water partition coefficient (Wildman–Crippen LogP) is 7.59. The summed E-state index contributed by atoms with van der Waals surface area (Å²) in [5.74, 6) is 0.485. The fourth-order valence-corrected chi connectivity index (χ4v) is 3.68. The van der Waals surface area contributed by atoms with Crippen LogP contribution in [0.15, 0.2) is 103 Å². The molecule has 27 heavy (non-hydrogen) atoms. The predicted molar refractivity (Wildman–Crippen MR) is 117 cm³/mol. The van der Waals surface area contributed by atoms with Crippen molar-refractivity contribution in [1.82, 2.24) is 6.15 Å². The lowest BCUT2D eigenvalue weighted by molar-refractivity contribution is 1.39. The van der Waals surface area contributed by atoms with Gasteiger partial charge in [0.25, 0.3) is 0 Å². The first-order valence-electron chi connectivity index (χ1n) is 8.76. The van der Waals surface area contributed by atoms with Gasteiger partial charge in [-0.3, -0.25) is 0 Å². The quantitative estimate of drug-likeness (QED) is 0.368. The molecule has 0 aliphatic heterocycles. The van der Waals surface area contributed by atoms with Gasteiger partial charge in [0, 0.05) is 5.88 Å². The summed E-state index contributed by atoms with van der Waals surface area (Å²) in [5.41, 5.74) is 8.44. The van der Waals surface area contributed by atoms with E-state index in [2.05, 4.69) is 97.1 Å². The van der Waals surface area contributed by atoms with Crippen LogP contribution in [0.2, 0.25) is 0 Å². The second-order valence-corrected chi connectivity index (χ2v) is 6.52. The molecule has 4 aromatic carbocycles. The topological polar surface area (TPSA) is 35.0 Å². The third-order valence-electron chi connectivity index (χ3n) is 4.65. The van der Waals surface area contributed by atoms with E-state index in [-0.39, 0.29) is 6.15 Å². The van der Waals surface area contributed by atoms with Gasteiger partial charge in [0.05, 0.1) is 0 Å². The highest BCUT2D eigenvalue weighted by Crippen LogP contribution is 2.42. The Hall–Kier alpha value is -2.87. The lowest BCUT2D eigenvalue weighted by Gasteiger charge is -2.19. The van der Waals surface area contributed by atoms with E-state index in [1.165, 1.54) is 33.4 Å². The maximum absolute atomic E-state index is 6.34. The molecule has 0 unspecified atom stereocenters. The molecule has 0 aliphatic carbocycles. The molecule has 134 valence electrons. The highest BCUT2D eigenvalue weighted by molar-refractivity contribution is 6.18. The first-order valence-corrected chi connectivity index (χ1v) is 9.30. The fraction of sp³-hybridized carbons (Fsp3) is 0.0400. The van der Waals surface area contributed by atoms with Crippen LogP contribution in [0, 0.1) is 0 Å². The average molecular weight is 372 g/mol. The Balaban J connectivity index is 0.00000210. The van der Waals surface area contributed by atoms with Gasteiger partial charge < -0.3 is 6.15 Å². The van der Waals surface area contributed by atoms with Crippen LogP contribution in [0.1, 0.15) is 5.56 Å². The molecular formula is C25H22ClN. The van der Waals surface area contributed by atoms with Gasteiger partial charge >= 0.3 is 0 Å². The van der Waals surface area contributed by atoms with E-state index in [0.717, 1.165) is 5.56 Å². The summed E-state index contributed by atoms with van der Waals surface area (Å²) in [6, 6.07) is 36.0. The van der Waals surface area contributed by atoms with Crippen molar-refractivity contribution in [1.29, 1.82) is 0 Å². The standard InChI is InChI=1S/C25H19Cl.H3N/c26-18-22-16-17-23(19-10-4-1-5-11-19)25(21-14-8-3-9-15-21)24(22)20-12-6-2-7-13-20;/h1-17H,18H2;1H3. The molecule has 0 amide bonds. The van der Waals surface area contributed by atoms with E-state index in [4.69, 9.17) is 11.6 Å². The van der Waals surface area contributed by atoms with E-state index >= 15 is 0 Å². The number of rotatable bonds is 4. The SMILES string of the molecule is ClCc1ccc(-c2ccccc2)c(-c2ccccc2)c1-c1ccccc1.N. The molecule has 0 heterocycles. The van der Waals surface area contributed by atoms with E-state index in [1.54, 1.807) is 0 Å². The van der Waals surface area contributed by atoms with Gasteiger partial charge in [0.1, 0.15) is 0 Å². The molecule has 2 heteroatoms. The van der Waals surface area contributed by atoms with E-state index < -0.39 is 0 Å². The summed E-state index contributed by atoms with van der Waals surface area (Å²) in [4.78, 5) is 0. The third kappa shape index (κ3) is 3.80. The molecule has 0 aromatic heterocycles. The van der Waals surface area contributed by atoms with Crippen LogP contribution >= 0.6 is 11.6 Å². The minimum absolute atomic E-state index is 0. The minimum atomic E-state index is 0. The first-order chi connectivity index (χ1) is 12.9. The molecule has 3 N–H and O–H groups in total. The van der Waals surface area contributed by atoms with Gasteiger partial charge in [-0.2, -0.15) is 0 Å². The van der Waals surface area contributed by atoms with E-state index in [1.807, 2.05) is 6.07 Å². The van der Waals surface area contributed by atoms with Crippen molar-refractivity contribution < 1.29 is 0 Å². The van der Waals surface area contributed by atoms with Crippen LogP contribution in [0.3, 0.4) is 0 Å². The molecule has 0 bridgehead atoms. The van der Waals surface area contributed by atoms with Crippen molar-refractivity contribution in [2.45, 2.75) is 5.88 Å². The summed E-state index contributed by atoms with van der Waals surface area (Å²) in [5, 5.41) is 0. The Morgan fingerprint density at radius 1 is 0.481 bits per heavy atom. The number of hydrogen-bond acceptors (Lipinski definition) is 1. The average Bonchev–Trinajstić information content (AvgIpc) is 2.74. The molecule has 0 saturated heterocycles. The number of alkyl halides is 1. The maximum Gasteiger partial charge on any atom is 0.0480 e. The molecule has 0 fully saturated rings. The van der Waals surface area contributed by atoms with Gasteiger partial charge in [0.2, 0.25) is 0 Å². The Labute approximate surface area is 165 Å². The Kier molecular flexibility index (Phi) is 6.08. The fourth-order valence-electron chi connectivity index (χ4n) is 3.45. The zero-order valence-corrected chi connectivity index (χ0v) is 15.9. The zero-order chi connectivity index (χ0) is 17.8. The van der Waals surface area contributed by atoms with Crippen LogP contribution in [-0.4, -0.2) is 0 Å². The lowest BCUT2D eigenvalue weighted by Crippen LogP contribution is -1.95. The molecule has 4 aromatic rings. The summed E-state index contributed by atoms with van der Waals surface area (Å²) in [6.07, 6.45) is 0. The van der Waals surface area contributed by atoms with Crippen molar-refractivity contribution in [2.24, 2.45) is 0 Å². The molecule has 0 saturated carbocycles. The molecule has 0 aliphatic rings. The van der Waals surface area contributed by atoms with Crippen molar-refractivity contribution in [3.63, 3.8) is 0 Å². The molecule has 0 spiro atoms. The number of halogens is 1. The van der Waals surface area contributed by atoms with Crippen LogP contribution in [-0.2, 0) is 5.88 Å². The first kappa shape index (κ1) is 18.9. The third-order valence-corrected chi connectivity index (χ3v) is 4.93. The second kappa shape index (κ2) is 8.68. The minimum Gasteiger partial charge on any atom is -0.344 e. The number of hydrogen-bond donors (Lipinski definition) is 1. The van der Waals surface area contributed by atoms with Crippen LogP contribution < -0.4 is 6.15 Å². The number of benzene rings is 4. The molecule has 1 nitrogen and oxygen atoms in total. The van der Waals surface area contributed by atoms with E-state index in [9.17, 15) is 0 Å². The smallest absolute Gasteiger partial charge is 0.0480 e. The summed E-state index contributed by atoms with van der Waals surface area (Å²) in [7, 11) is 0. The van der Waals surface area contributed by atoms with Gasteiger partial charge in [-0.05, 0) is 38.9 Å². The zero-order valence-electron chi connectivity index (χ0n) is 15.1. The van der Waals surface area contributed by atoms with Gasteiger partial charge in [0.15, 0.2) is 0 Å². The molecular weight excluding hydrogens is 350 g/mol. The van der Waals surface area contributed by atoms with E-state index in [0.29, 0.717) is 5.88 Å². The summed E-state index contributed by atoms with van der Waals surface area (Å²) in [6.45, 7) is 0. The van der Waals surface area contributed by atoms with Crippen LogP contribution in [0.25, 0.3) is 33.4 Å². The Bertz CT molecular complexity index is 996. The second-order valence-electron chi connectivity index (χ2n) is 6.25. The Morgan fingerprint density at radius 3 is 1.41 bits per heavy atom. The van der Waals surface area contributed by atoms with Crippen LogP contribution in [0.5, 0.6) is 0 Å². The van der Waals surface area contributed by atoms with Gasteiger partial charge in [-0.1, -0.05) is 103 Å². The van der Waals surface area contributed by atoms with Crippen molar-refractivity contribution in [3.8, 4) is 33.4 Å². The largest absolute Gasteiger partial charge is 0.344 e. The van der Waals surface area contributed by atoms with Crippen molar-refractivity contribution >= 4 is 11.6 Å². The monoisotopic (exact) mass is 371 g/mol. The molecule has 0 radical (unpaired) electrons.